The lowest BCUT2D eigenvalue weighted by molar-refractivity contribution is -0.132. The predicted molar refractivity (Wildman–Crippen MR) is 134 cm³/mol. The van der Waals surface area contributed by atoms with E-state index in [-0.39, 0.29) is 36.2 Å². The van der Waals surface area contributed by atoms with Crippen LogP contribution < -0.4 is 10.2 Å². The predicted octanol–water partition coefficient (Wildman–Crippen LogP) is 4.68. The number of fused-ring (bicyclic) bond motifs is 3. The molecule has 2 N–H and O–H groups in total. The number of nitrogens with one attached hydrogen (secondary N) is 1. The number of amides is 1. The molecule has 0 unspecified atom stereocenters. The van der Waals surface area contributed by atoms with Gasteiger partial charge in [0.05, 0.1) is 12.5 Å². The van der Waals surface area contributed by atoms with Gasteiger partial charge in [-0.1, -0.05) is 30.3 Å². The molecule has 8 nitrogen and oxygen atoms in total. The number of carbonyl (C=O) groups excluding carboxylic acids is 1. The zero-order chi connectivity index (χ0) is 26.8. The second-order valence-corrected chi connectivity index (χ2v) is 9.12. The maximum absolute atomic E-state index is 13.6. The van der Waals surface area contributed by atoms with Gasteiger partial charge in [0, 0.05) is 42.7 Å². The monoisotopic (exact) mass is 524 g/mol. The third-order valence-electron chi connectivity index (χ3n) is 6.70. The molecule has 1 atom stereocenters. The highest BCUT2D eigenvalue weighted by Crippen LogP contribution is 2.36. The fraction of sp³-hybridized carbons (Fsp3) is 0.286. The van der Waals surface area contributed by atoms with Crippen molar-refractivity contribution in [2.75, 3.05) is 13.7 Å². The lowest BCUT2D eigenvalue weighted by Gasteiger charge is -2.29. The Labute approximate surface area is 216 Å². The van der Waals surface area contributed by atoms with Gasteiger partial charge in [-0.05, 0) is 35.7 Å². The van der Waals surface area contributed by atoms with Crippen LogP contribution in [0.4, 0.5) is 8.78 Å². The quantitative estimate of drug-likeness (QED) is 0.347. The van der Waals surface area contributed by atoms with Crippen LogP contribution >= 0.6 is 0 Å². The van der Waals surface area contributed by atoms with Gasteiger partial charge in [-0.2, -0.15) is 8.78 Å². The van der Waals surface area contributed by atoms with Crippen molar-refractivity contribution in [1.82, 2.24) is 9.88 Å². The van der Waals surface area contributed by atoms with E-state index < -0.39 is 23.7 Å². The molecular formula is C28H26F2N2O6. The molecule has 0 bridgehead atoms. The molecule has 1 aliphatic heterocycles. The molecule has 0 radical (unpaired) electrons. The summed E-state index contributed by atoms with van der Waals surface area (Å²) in [6.45, 7) is -2.23. The number of H-pyrrole nitrogens is 1. The van der Waals surface area contributed by atoms with Crippen molar-refractivity contribution < 1.29 is 32.6 Å². The smallest absolute Gasteiger partial charge is 0.387 e. The fourth-order valence-electron chi connectivity index (χ4n) is 4.98. The lowest BCUT2D eigenvalue weighted by atomic mass is 9.91. The summed E-state index contributed by atoms with van der Waals surface area (Å²) in [4.78, 5) is 31.2. The third kappa shape index (κ3) is 5.12. The molecule has 38 heavy (non-hydrogen) atoms. The number of nitrogens with zero attached hydrogens (tertiary/aromatic N) is 1. The Morgan fingerprint density at radius 2 is 2.00 bits per heavy atom. The second-order valence-electron chi connectivity index (χ2n) is 9.12. The van der Waals surface area contributed by atoms with Crippen LogP contribution in [-0.2, 0) is 29.1 Å². The van der Waals surface area contributed by atoms with Gasteiger partial charge in [-0.15, -0.1) is 0 Å². The van der Waals surface area contributed by atoms with Gasteiger partial charge < -0.3 is 28.9 Å². The Kier molecular flexibility index (Phi) is 7.15. The number of halogens is 2. The molecule has 2 aromatic heterocycles. The van der Waals surface area contributed by atoms with Gasteiger partial charge >= 0.3 is 6.61 Å². The number of hydrogen-bond acceptors (Lipinski definition) is 6. The zero-order valence-electron chi connectivity index (χ0n) is 20.6. The molecule has 0 saturated carbocycles. The topological polar surface area (TPSA) is 105 Å². The van der Waals surface area contributed by atoms with Crippen molar-refractivity contribution in [1.29, 1.82) is 0 Å². The number of aromatic nitrogens is 1. The summed E-state index contributed by atoms with van der Waals surface area (Å²) in [7, 11) is 1.42. The Morgan fingerprint density at radius 3 is 2.79 bits per heavy atom. The van der Waals surface area contributed by atoms with E-state index in [0.29, 0.717) is 25.1 Å². The number of methoxy groups -OCH3 is 1. The Hall–Kier alpha value is -4.18. The number of carbonyl (C=O) groups is 1. The summed E-state index contributed by atoms with van der Waals surface area (Å²) in [5, 5.41) is 11.8. The fourth-order valence-corrected chi connectivity index (χ4v) is 4.98. The first-order valence-corrected chi connectivity index (χ1v) is 12.1. The minimum absolute atomic E-state index is 0.0347. The van der Waals surface area contributed by atoms with E-state index in [1.165, 1.54) is 30.9 Å². The summed E-state index contributed by atoms with van der Waals surface area (Å²) in [5.74, 6) is -1.96. The molecule has 2 aromatic carbocycles. The summed E-state index contributed by atoms with van der Waals surface area (Å²) in [5.41, 5.74) is 2.80. The number of aromatic hydroxyl groups is 1. The van der Waals surface area contributed by atoms with Gasteiger partial charge in [-0.25, -0.2) is 0 Å². The SMILES string of the molecule is COCc1cc(=O)c(O)c([C@H](CC(=O)N2CCc3c([nH]c4ccccc34)C2)c2cccc(OC(F)F)c2)o1. The highest BCUT2D eigenvalue weighted by molar-refractivity contribution is 5.86. The largest absolute Gasteiger partial charge is 0.502 e. The van der Waals surface area contributed by atoms with Crippen LogP contribution in [-0.4, -0.2) is 41.2 Å². The van der Waals surface area contributed by atoms with Gasteiger partial charge in [0.2, 0.25) is 17.1 Å². The van der Waals surface area contributed by atoms with Crippen molar-refractivity contribution in [2.45, 2.75) is 38.5 Å². The van der Waals surface area contributed by atoms with E-state index in [1.807, 2.05) is 24.3 Å². The molecule has 5 rings (SSSR count). The highest BCUT2D eigenvalue weighted by atomic mass is 19.3. The molecular weight excluding hydrogens is 498 g/mol. The van der Waals surface area contributed by atoms with E-state index in [1.54, 1.807) is 11.0 Å². The maximum Gasteiger partial charge on any atom is 0.387 e. The number of alkyl halides is 2. The Bertz CT molecular complexity index is 1530. The van der Waals surface area contributed by atoms with Crippen LogP contribution in [0.25, 0.3) is 10.9 Å². The molecule has 3 heterocycles. The molecule has 1 aliphatic rings. The number of benzene rings is 2. The standard InChI is InChI=1S/C28H26F2N2O6/c1-36-15-18-12-24(33)26(35)27(37-18)21(16-5-4-6-17(11-16)38-28(29)30)13-25(34)32-10-9-20-19-7-2-3-8-22(19)31-23(20)14-32/h2-8,11-12,21,28,31,35H,9-10,13-15H2,1H3/t21-/m1/s1. The lowest BCUT2D eigenvalue weighted by Crippen LogP contribution is -2.36. The van der Waals surface area contributed by atoms with Crippen molar-refractivity contribution >= 4 is 16.8 Å². The van der Waals surface area contributed by atoms with Crippen molar-refractivity contribution in [3.05, 3.63) is 93.2 Å². The third-order valence-corrected chi connectivity index (χ3v) is 6.70. The molecule has 0 spiro atoms. The molecule has 0 aliphatic carbocycles. The molecule has 4 aromatic rings. The van der Waals surface area contributed by atoms with Crippen LogP contribution in [0.5, 0.6) is 11.5 Å². The van der Waals surface area contributed by atoms with Crippen LogP contribution in [0.1, 0.15) is 40.7 Å². The number of hydrogen-bond donors (Lipinski definition) is 2. The molecule has 1 amide bonds. The van der Waals surface area contributed by atoms with Crippen LogP contribution in [0.2, 0.25) is 0 Å². The van der Waals surface area contributed by atoms with E-state index in [4.69, 9.17) is 9.15 Å². The summed E-state index contributed by atoms with van der Waals surface area (Å²) in [6, 6.07) is 14.9. The maximum atomic E-state index is 13.6. The van der Waals surface area contributed by atoms with Gasteiger partial charge in [0.25, 0.3) is 0 Å². The van der Waals surface area contributed by atoms with Crippen molar-refractivity contribution in [3.63, 3.8) is 0 Å². The van der Waals surface area contributed by atoms with Gasteiger partial charge in [0.1, 0.15) is 18.1 Å². The Balaban J connectivity index is 1.49. The van der Waals surface area contributed by atoms with Crippen LogP contribution in [0, 0.1) is 0 Å². The molecule has 0 saturated heterocycles. The zero-order valence-corrected chi connectivity index (χ0v) is 20.6. The molecule has 10 heteroatoms. The first-order valence-electron chi connectivity index (χ1n) is 12.1. The highest BCUT2D eigenvalue weighted by Gasteiger charge is 2.31. The normalized spacial score (nSPS) is 14.1. The Morgan fingerprint density at radius 1 is 1.18 bits per heavy atom. The summed E-state index contributed by atoms with van der Waals surface area (Å²) in [6.07, 6.45) is 0.484. The van der Waals surface area contributed by atoms with Crippen LogP contribution in [0.15, 0.2) is 63.8 Å². The van der Waals surface area contributed by atoms with Crippen molar-refractivity contribution in [2.24, 2.45) is 0 Å². The average Bonchev–Trinajstić information content (AvgIpc) is 3.27. The van der Waals surface area contributed by atoms with Crippen molar-refractivity contribution in [3.8, 4) is 11.5 Å². The summed E-state index contributed by atoms with van der Waals surface area (Å²) < 4.78 is 41.2. The minimum atomic E-state index is -3.04. The van der Waals surface area contributed by atoms with Gasteiger partial charge in [0.15, 0.2) is 5.76 Å². The van der Waals surface area contributed by atoms with Gasteiger partial charge in [-0.3, -0.25) is 9.59 Å². The second kappa shape index (κ2) is 10.7. The van der Waals surface area contributed by atoms with Crippen LogP contribution in [0.3, 0.4) is 0 Å². The first-order chi connectivity index (χ1) is 18.3. The van der Waals surface area contributed by atoms with E-state index in [2.05, 4.69) is 9.72 Å². The number of rotatable bonds is 8. The number of ether oxygens (including phenoxy) is 2. The molecule has 198 valence electrons. The van der Waals surface area contributed by atoms with E-state index in [9.17, 15) is 23.5 Å². The summed E-state index contributed by atoms with van der Waals surface area (Å²) >= 11 is 0. The molecule has 0 fully saturated rings. The first kappa shape index (κ1) is 25.5. The van der Waals surface area contributed by atoms with E-state index >= 15 is 0 Å². The minimum Gasteiger partial charge on any atom is -0.502 e. The average molecular weight is 525 g/mol. The van der Waals surface area contributed by atoms with E-state index in [0.717, 1.165) is 22.7 Å². The number of aromatic amines is 1. The number of para-hydroxylation sites is 1.